The number of esters is 1. The number of alkyl halides is 3. The van der Waals surface area contributed by atoms with Gasteiger partial charge in [0, 0.05) is 7.11 Å². The lowest BCUT2D eigenvalue weighted by Gasteiger charge is -2.06. The van der Waals surface area contributed by atoms with Gasteiger partial charge in [0.05, 0.1) is 18.4 Å². The molecule has 0 aliphatic rings. The van der Waals surface area contributed by atoms with Gasteiger partial charge in [-0.05, 0) is 18.2 Å². The van der Waals surface area contributed by atoms with E-state index < -0.39 is 29.2 Å². The molecule has 6 nitrogen and oxygen atoms in total. The summed E-state index contributed by atoms with van der Waals surface area (Å²) in [5, 5.41) is 16.5. The molecule has 1 rings (SSSR count). The van der Waals surface area contributed by atoms with Crippen LogP contribution in [0.25, 0.3) is 0 Å². The van der Waals surface area contributed by atoms with Gasteiger partial charge in [0.25, 0.3) is 0 Å². The van der Waals surface area contributed by atoms with E-state index in [0.29, 0.717) is 0 Å². The predicted octanol–water partition coefficient (Wildman–Crippen LogP) is 3.38. The quantitative estimate of drug-likeness (QED) is 0.390. The van der Waals surface area contributed by atoms with E-state index in [0.717, 1.165) is 25.3 Å². The van der Waals surface area contributed by atoms with Crippen molar-refractivity contribution < 1.29 is 32.5 Å². The second-order valence-corrected chi connectivity index (χ2v) is 3.97. The average Bonchev–Trinajstić information content (AvgIpc) is 2.47. The number of azo groups is 1. The summed E-state index contributed by atoms with van der Waals surface area (Å²) in [4.78, 5) is 11.4. The molecule has 0 fully saturated rings. The van der Waals surface area contributed by atoms with Gasteiger partial charge in [-0.2, -0.15) is 18.3 Å². The van der Waals surface area contributed by atoms with Crippen LogP contribution < -0.4 is 0 Å². The number of nitrogens with zero attached hydrogens (tertiary/aromatic N) is 2. The number of aliphatic hydroxyl groups excluding tert-OH is 1. The highest BCUT2D eigenvalue weighted by Crippen LogP contribution is 2.31. The number of halogens is 3. The summed E-state index contributed by atoms with van der Waals surface area (Å²) in [5.74, 6) is -1.55. The molecule has 0 atom stereocenters. The van der Waals surface area contributed by atoms with Crippen LogP contribution in [0.2, 0.25) is 0 Å². The Morgan fingerprint density at radius 3 is 2.55 bits per heavy atom. The van der Waals surface area contributed by atoms with Crippen molar-refractivity contribution in [1.82, 2.24) is 0 Å². The van der Waals surface area contributed by atoms with Crippen molar-refractivity contribution in [3.8, 4) is 0 Å². The fourth-order valence-corrected chi connectivity index (χ4v) is 1.37. The number of aliphatic hydroxyl groups is 1. The van der Waals surface area contributed by atoms with Crippen molar-refractivity contribution in [2.45, 2.75) is 6.18 Å². The fourth-order valence-electron chi connectivity index (χ4n) is 1.37. The van der Waals surface area contributed by atoms with E-state index in [1.165, 1.54) is 13.2 Å². The van der Waals surface area contributed by atoms with Gasteiger partial charge in [0.15, 0.2) is 5.76 Å². The number of rotatable bonds is 5. The van der Waals surface area contributed by atoms with Crippen molar-refractivity contribution >= 4 is 11.7 Å². The monoisotopic (exact) mass is 318 g/mol. The van der Waals surface area contributed by atoms with E-state index in [9.17, 15) is 23.1 Å². The molecular formula is C13H13F3N2O4. The van der Waals surface area contributed by atoms with Gasteiger partial charge in [-0.3, -0.25) is 0 Å². The Kier molecular flexibility index (Phi) is 6.05. The molecule has 0 unspecified atom stereocenters. The van der Waals surface area contributed by atoms with Crippen LogP contribution in [0.4, 0.5) is 18.9 Å². The first kappa shape index (κ1) is 17.6. The minimum Gasteiger partial charge on any atom is -0.507 e. The van der Waals surface area contributed by atoms with Crippen LogP contribution in [-0.4, -0.2) is 31.9 Å². The summed E-state index contributed by atoms with van der Waals surface area (Å²) in [5.41, 5.74) is -1.60. The molecule has 0 saturated carbocycles. The number of carbonyl (C=O) groups excluding carboxylic acids is 1. The van der Waals surface area contributed by atoms with Gasteiger partial charge < -0.3 is 14.6 Å². The lowest BCUT2D eigenvalue weighted by molar-refractivity contribution is -0.138. The topological polar surface area (TPSA) is 80.5 Å². The molecule has 0 radical (unpaired) electrons. The van der Waals surface area contributed by atoms with Crippen molar-refractivity contribution in [3.63, 3.8) is 0 Å². The van der Waals surface area contributed by atoms with Gasteiger partial charge in [-0.1, -0.05) is 6.07 Å². The Labute approximate surface area is 123 Å². The first-order chi connectivity index (χ1) is 10.3. The molecule has 0 saturated heterocycles. The molecule has 1 N–H and O–H groups in total. The third-order valence-electron chi connectivity index (χ3n) is 2.37. The zero-order chi connectivity index (χ0) is 16.8. The summed E-state index contributed by atoms with van der Waals surface area (Å²) < 4.78 is 46.7. The predicted molar refractivity (Wildman–Crippen MR) is 69.5 cm³/mol. The van der Waals surface area contributed by atoms with Crippen LogP contribution in [0.3, 0.4) is 0 Å². The molecule has 1 aromatic rings. The molecule has 0 heterocycles. The maximum absolute atomic E-state index is 12.6. The fraction of sp³-hybridized carbons (Fsp3) is 0.308. The number of carbonyl (C=O) groups is 1. The Morgan fingerprint density at radius 2 is 2.00 bits per heavy atom. The van der Waals surface area contributed by atoms with Crippen LogP contribution in [0.1, 0.15) is 5.56 Å². The normalized spacial score (nSPS) is 13.1. The van der Waals surface area contributed by atoms with E-state index in [1.54, 1.807) is 0 Å². The second kappa shape index (κ2) is 7.55. The minimum atomic E-state index is -4.52. The molecule has 22 heavy (non-hydrogen) atoms. The first-order valence-electron chi connectivity index (χ1n) is 5.88. The first-order valence-corrected chi connectivity index (χ1v) is 5.88. The van der Waals surface area contributed by atoms with Gasteiger partial charge in [0.1, 0.15) is 6.61 Å². The number of hydrogen-bond donors (Lipinski definition) is 1. The summed E-state index contributed by atoms with van der Waals surface area (Å²) in [6.07, 6.45) is -4.52. The highest BCUT2D eigenvalue weighted by Gasteiger charge is 2.30. The zero-order valence-corrected chi connectivity index (χ0v) is 11.7. The van der Waals surface area contributed by atoms with Gasteiger partial charge >= 0.3 is 12.1 Å². The van der Waals surface area contributed by atoms with E-state index >= 15 is 0 Å². The van der Waals surface area contributed by atoms with E-state index in [1.807, 2.05) is 0 Å². The van der Waals surface area contributed by atoms with Crippen LogP contribution in [-0.2, 0) is 20.4 Å². The van der Waals surface area contributed by atoms with Gasteiger partial charge in [-0.15, -0.1) is 5.11 Å². The molecule has 0 aromatic heterocycles. The molecule has 1 aromatic carbocycles. The van der Waals surface area contributed by atoms with Crippen LogP contribution in [0, 0.1) is 0 Å². The Balaban J connectivity index is 3.11. The third kappa shape index (κ3) is 4.85. The lowest BCUT2D eigenvalue weighted by atomic mass is 10.2. The Morgan fingerprint density at radius 1 is 1.32 bits per heavy atom. The lowest BCUT2D eigenvalue weighted by Crippen LogP contribution is -2.08. The summed E-state index contributed by atoms with van der Waals surface area (Å²) in [6, 6.07) is 4.04. The van der Waals surface area contributed by atoms with Gasteiger partial charge in [0.2, 0.25) is 5.70 Å². The standard InChI is InChI=1S/C13H13F3N2O4/c1-21-7-10(19)11(12(20)22-2)18-17-9-5-3-4-8(6-9)13(14,15)16/h3-6,19H,7H2,1-2H3. The molecule has 0 amide bonds. The Hall–Kier alpha value is -2.42. The van der Waals surface area contributed by atoms with Crippen molar-refractivity contribution in [1.29, 1.82) is 0 Å². The van der Waals surface area contributed by atoms with Crippen LogP contribution >= 0.6 is 0 Å². The molecule has 0 aliphatic carbocycles. The van der Waals surface area contributed by atoms with E-state index in [2.05, 4.69) is 19.7 Å². The third-order valence-corrected chi connectivity index (χ3v) is 2.37. The summed E-state index contributed by atoms with van der Waals surface area (Å²) in [6.45, 7) is -0.327. The molecule has 0 bridgehead atoms. The number of ether oxygens (including phenoxy) is 2. The highest BCUT2D eigenvalue weighted by molar-refractivity contribution is 5.88. The molecular weight excluding hydrogens is 305 g/mol. The SMILES string of the molecule is COCC(O)=C(N=Nc1cccc(C(F)(F)F)c1)C(=O)OC. The average molecular weight is 318 g/mol. The maximum atomic E-state index is 12.6. The molecule has 0 aliphatic heterocycles. The van der Waals surface area contributed by atoms with Crippen molar-refractivity contribution in [2.75, 3.05) is 20.8 Å². The van der Waals surface area contributed by atoms with Crippen LogP contribution in [0.15, 0.2) is 46.0 Å². The second-order valence-electron chi connectivity index (χ2n) is 3.97. The van der Waals surface area contributed by atoms with Gasteiger partial charge in [-0.25, -0.2) is 4.79 Å². The minimum absolute atomic E-state index is 0.138. The smallest absolute Gasteiger partial charge is 0.416 e. The largest absolute Gasteiger partial charge is 0.507 e. The van der Waals surface area contributed by atoms with Crippen molar-refractivity contribution in [3.05, 3.63) is 41.3 Å². The molecule has 120 valence electrons. The van der Waals surface area contributed by atoms with E-state index in [4.69, 9.17) is 0 Å². The Bertz CT molecular complexity index is 597. The van der Waals surface area contributed by atoms with Crippen LogP contribution in [0.5, 0.6) is 0 Å². The number of benzene rings is 1. The maximum Gasteiger partial charge on any atom is 0.416 e. The van der Waals surface area contributed by atoms with Crippen molar-refractivity contribution in [2.24, 2.45) is 10.2 Å². The molecule has 0 spiro atoms. The molecule has 9 heteroatoms. The zero-order valence-electron chi connectivity index (χ0n) is 11.7. The summed E-state index contributed by atoms with van der Waals surface area (Å²) >= 11 is 0. The number of methoxy groups -OCH3 is 2. The van der Waals surface area contributed by atoms with E-state index in [-0.39, 0.29) is 12.3 Å². The highest BCUT2D eigenvalue weighted by atomic mass is 19.4. The summed E-state index contributed by atoms with van der Waals surface area (Å²) in [7, 11) is 2.33. The number of hydrogen-bond acceptors (Lipinski definition) is 6.